The molecule has 0 saturated heterocycles. The number of rotatable bonds is 14. The van der Waals surface area contributed by atoms with Crippen LogP contribution in [0.2, 0.25) is 0 Å². The maximum atomic E-state index is 10.3. The van der Waals surface area contributed by atoms with E-state index in [2.05, 4.69) is 13.0 Å². The molecule has 0 spiro atoms. The van der Waals surface area contributed by atoms with Crippen LogP contribution in [0.15, 0.2) is 24.3 Å². The number of aliphatic hydroxyl groups is 1. The number of aliphatic hydroxyl groups excluding tert-OH is 1. The van der Waals surface area contributed by atoms with Gasteiger partial charge in [0, 0.05) is 0 Å². The Bertz CT molecular complexity index is 295. The predicted octanol–water partition coefficient (Wildman–Crippen LogP) is 4.86. The first kappa shape index (κ1) is 19.9. The van der Waals surface area contributed by atoms with E-state index >= 15 is 0 Å². The predicted molar refractivity (Wildman–Crippen MR) is 88.4 cm³/mol. The number of carboxylic acid groups (broad SMARTS) is 1. The van der Waals surface area contributed by atoms with Crippen molar-refractivity contribution in [3.05, 3.63) is 24.3 Å². The molecule has 0 aliphatic carbocycles. The van der Waals surface area contributed by atoms with Crippen molar-refractivity contribution in [2.45, 2.75) is 83.7 Å². The van der Waals surface area contributed by atoms with Gasteiger partial charge in [0.15, 0.2) is 0 Å². The van der Waals surface area contributed by atoms with Gasteiger partial charge in [-0.1, -0.05) is 82.6 Å². The summed E-state index contributed by atoms with van der Waals surface area (Å²) in [6, 6.07) is 0. The van der Waals surface area contributed by atoms with Crippen LogP contribution in [0.25, 0.3) is 0 Å². The zero-order valence-electron chi connectivity index (χ0n) is 13.5. The number of carboxylic acids is 1. The lowest BCUT2D eigenvalue weighted by molar-refractivity contribution is -0.138. The lowest BCUT2D eigenvalue weighted by Gasteiger charge is -2.00. The van der Waals surface area contributed by atoms with Gasteiger partial charge in [0.25, 0.3) is 0 Å². The van der Waals surface area contributed by atoms with Crippen LogP contribution >= 0.6 is 0 Å². The van der Waals surface area contributed by atoms with Gasteiger partial charge >= 0.3 is 5.97 Å². The summed E-state index contributed by atoms with van der Waals surface area (Å²) in [7, 11) is 0. The molecule has 1 atom stereocenters. The topological polar surface area (TPSA) is 57.5 Å². The fraction of sp³-hybridized carbons (Fsp3) is 0.722. The third-order valence-electron chi connectivity index (χ3n) is 3.44. The molecular weight excluding hydrogens is 264 g/mol. The highest BCUT2D eigenvalue weighted by molar-refractivity contribution is 5.67. The Labute approximate surface area is 129 Å². The van der Waals surface area contributed by atoms with Crippen LogP contribution in [0.1, 0.15) is 77.6 Å². The summed E-state index contributed by atoms with van der Waals surface area (Å²) in [5.41, 5.74) is 0. The fourth-order valence-corrected chi connectivity index (χ4v) is 2.19. The second-order valence-corrected chi connectivity index (χ2v) is 5.60. The van der Waals surface area contributed by atoms with Crippen molar-refractivity contribution in [1.82, 2.24) is 0 Å². The van der Waals surface area contributed by atoms with Crippen LogP contribution in [0.4, 0.5) is 0 Å². The van der Waals surface area contributed by atoms with E-state index in [1.165, 1.54) is 63.9 Å². The quantitative estimate of drug-likeness (QED) is 0.355. The first-order chi connectivity index (χ1) is 10.2. The lowest BCUT2D eigenvalue weighted by atomic mass is 10.1. The molecule has 3 heteroatoms. The van der Waals surface area contributed by atoms with Crippen molar-refractivity contribution >= 4 is 5.97 Å². The minimum Gasteiger partial charge on any atom is -0.481 e. The van der Waals surface area contributed by atoms with Crippen molar-refractivity contribution in [3.63, 3.8) is 0 Å². The SMILES string of the molecule is CCCCCCCCCCC/C=C\C=C\C(O)CC(=O)O. The summed E-state index contributed by atoms with van der Waals surface area (Å²) in [5.74, 6) is -0.981. The van der Waals surface area contributed by atoms with Crippen molar-refractivity contribution in [2.24, 2.45) is 0 Å². The summed E-state index contributed by atoms with van der Waals surface area (Å²) < 4.78 is 0. The van der Waals surface area contributed by atoms with E-state index in [-0.39, 0.29) is 6.42 Å². The average molecular weight is 296 g/mol. The Kier molecular flexibility index (Phi) is 14.5. The van der Waals surface area contributed by atoms with Gasteiger partial charge < -0.3 is 10.2 Å². The van der Waals surface area contributed by atoms with Crippen LogP contribution in [-0.4, -0.2) is 22.3 Å². The summed E-state index contributed by atoms with van der Waals surface area (Å²) in [4.78, 5) is 10.3. The molecule has 0 radical (unpaired) electrons. The van der Waals surface area contributed by atoms with E-state index in [0.717, 1.165) is 6.42 Å². The second kappa shape index (κ2) is 15.3. The smallest absolute Gasteiger partial charge is 0.306 e. The molecule has 0 bridgehead atoms. The van der Waals surface area contributed by atoms with Gasteiger partial charge in [-0.05, 0) is 12.8 Å². The highest BCUT2D eigenvalue weighted by atomic mass is 16.4. The average Bonchev–Trinajstić information content (AvgIpc) is 2.43. The molecule has 0 aromatic carbocycles. The van der Waals surface area contributed by atoms with Crippen LogP contribution in [0.5, 0.6) is 0 Å². The van der Waals surface area contributed by atoms with Gasteiger partial charge in [-0.15, -0.1) is 0 Å². The number of hydrogen-bond donors (Lipinski definition) is 2. The summed E-state index contributed by atoms with van der Waals surface area (Å²) in [5, 5.41) is 17.8. The van der Waals surface area contributed by atoms with E-state index in [1.807, 2.05) is 6.08 Å². The number of aliphatic carboxylic acids is 1. The van der Waals surface area contributed by atoms with Crippen molar-refractivity contribution in [1.29, 1.82) is 0 Å². The first-order valence-electron chi connectivity index (χ1n) is 8.40. The van der Waals surface area contributed by atoms with Gasteiger partial charge in [-0.3, -0.25) is 4.79 Å². The molecule has 0 rings (SSSR count). The third kappa shape index (κ3) is 16.9. The number of allylic oxidation sites excluding steroid dienone is 3. The Balaban J connectivity index is 3.32. The molecule has 2 N–H and O–H groups in total. The van der Waals surface area contributed by atoms with Crippen molar-refractivity contribution in [2.75, 3.05) is 0 Å². The van der Waals surface area contributed by atoms with E-state index < -0.39 is 12.1 Å². The summed E-state index contributed by atoms with van der Waals surface area (Å²) in [6.07, 6.45) is 19.1. The van der Waals surface area contributed by atoms with Crippen molar-refractivity contribution in [3.8, 4) is 0 Å². The van der Waals surface area contributed by atoms with E-state index in [0.29, 0.717) is 0 Å². The van der Waals surface area contributed by atoms with Gasteiger partial charge in [0.2, 0.25) is 0 Å². The highest BCUT2D eigenvalue weighted by Crippen LogP contribution is 2.10. The molecule has 0 aromatic rings. The van der Waals surface area contributed by atoms with Gasteiger partial charge in [-0.2, -0.15) is 0 Å². The van der Waals surface area contributed by atoms with Gasteiger partial charge in [-0.25, -0.2) is 0 Å². The fourth-order valence-electron chi connectivity index (χ4n) is 2.19. The van der Waals surface area contributed by atoms with Crippen LogP contribution in [0.3, 0.4) is 0 Å². The number of carbonyl (C=O) groups is 1. The highest BCUT2D eigenvalue weighted by Gasteiger charge is 2.03. The Morgan fingerprint density at radius 1 is 0.952 bits per heavy atom. The molecule has 0 aromatic heterocycles. The minimum absolute atomic E-state index is 0.234. The molecule has 0 fully saturated rings. The molecule has 3 nitrogen and oxygen atoms in total. The molecule has 1 unspecified atom stereocenters. The number of hydrogen-bond acceptors (Lipinski definition) is 2. The molecule has 0 amide bonds. The maximum absolute atomic E-state index is 10.3. The van der Waals surface area contributed by atoms with E-state index in [4.69, 9.17) is 5.11 Å². The second-order valence-electron chi connectivity index (χ2n) is 5.60. The Morgan fingerprint density at radius 3 is 2.10 bits per heavy atom. The van der Waals surface area contributed by atoms with E-state index in [9.17, 15) is 9.90 Å². The van der Waals surface area contributed by atoms with Crippen LogP contribution in [-0.2, 0) is 4.79 Å². The molecular formula is C18H32O3. The largest absolute Gasteiger partial charge is 0.481 e. The summed E-state index contributed by atoms with van der Waals surface area (Å²) >= 11 is 0. The monoisotopic (exact) mass is 296 g/mol. The zero-order valence-corrected chi connectivity index (χ0v) is 13.5. The van der Waals surface area contributed by atoms with Crippen LogP contribution in [0, 0.1) is 0 Å². The molecule has 122 valence electrons. The lowest BCUT2D eigenvalue weighted by Crippen LogP contribution is -2.09. The minimum atomic E-state index is -0.981. The standard InChI is InChI=1S/C18H32O3/c1-2-3-4-5-6-7-8-9-10-11-12-13-14-15-17(19)16-18(20)21/h12-15,17,19H,2-11,16H2,1H3,(H,20,21)/b13-12-,15-14+. The Hall–Kier alpha value is -1.09. The molecule has 0 saturated carbocycles. The molecule has 0 aliphatic heterocycles. The normalized spacial score (nSPS) is 13.2. The third-order valence-corrected chi connectivity index (χ3v) is 3.44. The molecule has 21 heavy (non-hydrogen) atoms. The first-order valence-corrected chi connectivity index (χ1v) is 8.40. The van der Waals surface area contributed by atoms with Crippen molar-refractivity contribution < 1.29 is 15.0 Å². The molecule has 0 aliphatic rings. The van der Waals surface area contributed by atoms with Gasteiger partial charge in [0.05, 0.1) is 12.5 Å². The van der Waals surface area contributed by atoms with Crippen LogP contribution < -0.4 is 0 Å². The van der Waals surface area contributed by atoms with E-state index in [1.54, 1.807) is 6.08 Å². The Morgan fingerprint density at radius 2 is 1.52 bits per heavy atom. The molecule has 0 heterocycles. The van der Waals surface area contributed by atoms with Gasteiger partial charge in [0.1, 0.15) is 0 Å². The summed E-state index contributed by atoms with van der Waals surface area (Å²) in [6.45, 7) is 2.25. The number of unbranched alkanes of at least 4 members (excludes halogenated alkanes) is 9. The zero-order chi connectivity index (χ0) is 15.8. The maximum Gasteiger partial charge on any atom is 0.306 e.